The van der Waals surface area contributed by atoms with Gasteiger partial charge in [-0.1, -0.05) is 25.5 Å². The van der Waals surface area contributed by atoms with Crippen molar-refractivity contribution in [3.05, 3.63) is 30.0 Å². The molecule has 2 N–H and O–H groups in total. The van der Waals surface area contributed by atoms with Crippen molar-refractivity contribution in [2.45, 2.75) is 25.9 Å². The van der Waals surface area contributed by atoms with Gasteiger partial charge >= 0.3 is 0 Å². The number of benzene rings is 1. The van der Waals surface area contributed by atoms with Crippen LogP contribution < -0.4 is 10.1 Å². The summed E-state index contributed by atoms with van der Waals surface area (Å²) in [5.74, 6) is 0.471. The van der Waals surface area contributed by atoms with Crippen molar-refractivity contribution in [1.82, 2.24) is 5.32 Å². The van der Waals surface area contributed by atoms with Gasteiger partial charge in [-0.15, -0.1) is 0 Å². The number of hydrogen-bond donors (Lipinski definition) is 2. The third-order valence-corrected chi connectivity index (χ3v) is 3.07. The standard InChI is InChI=1S/C15H19NO4/c1-3-5-11(17)9-16-15(18)13-8-10-6-4-7-12(19-2)14(10)20-13/h4,6-8,11,17H,3,5,9H2,1-2H3,(H,16,18). The lowest BCUT2D eigenvalue weighted by molar-refractivity contribution is 0.0885. The first-order valence-corrected chi connectivity index (χ1v) is 6.68. The molecule has 0 spiro atoms. The van der Waals surface area contributed by atoms with E-state index in [-0.39, 0.29) is 18.2 Å². The lowest BCUT2D eigenvalue weighted by atomic mass is 10.2. The minimum Gasteiger partial charge on any atom is -0.493 e. The van der Waals surface area contributed by atoms with Crippen molar-refractivity contribution in [2.24, 2.45) is 0 Å². The Hall–Kier alpha value is -2.01. The van der Waals surface area contributed by atoms with Crippen LogP contribution in [-0.4, -0.2) is 30.8 Å². The normalized spacial score (nSPS) is 12.3. The smallest absolute Gasteiger partial charge is 0.287 e. The summed E-state index contributed by atoms with van der Waals surface area (Å²) < 4.78 is 10.7. The highest BCUT2D eigenvalue weighted by molar-refractivity contribution is 5.97. The van der Waals surface area contributed by atoms with Crippen molar-refractivity contribution in [2.75, 3.05) is 13.7 Å². The first kappa shape index (κ1) is 14.4. The molecule has 2 rings (SSSR count). The fraction of sp³-hybridized carbons (Fsp3) is 0.400. The Bertz CT molecular complexity index is 591. The molecule has 1 aromatic heterocycles. The number of nitrogens with one attached hydrogen (secondary N) is 1. The van der Waals surface area contributed by atoms with Gasteiger partial charge in [-0.3, -0.25) is 4.79 Å². The van der Waals surface area contributed by atoms with Crippen LogP contribution in [0.4, 0.5) is 0 Å². The maximum Gasteiger partial charge on any atom is 0.287 e. The zero-order valence-electron chi connectivity index (χ0n) is 11.7. The number of ether oxygens (including phenoxy) is 1. The summed E-state index contributed by atoms with van der Waals surface area (Å²) in [6.07, 6.45) is 1.01. The predicted octanol–water partition coefficient (Wildman–Crippen LogP) is 2.33. The number of amides is 1. The summed E-state index contributed by atoms with van der Waals surface area (Å²) in [6.45, 7) is 2.21. The van der Waals surface area contributed by atoms with Gasteiger partial charge in [0, 0.05) is 11.9 Å². The van der Waals surface area contributed by atoms with Crippen LogP contribution in [0.1, 0.15) is 30.3 Å². The number of methoxy groups -OCH3 is 1. The van der Waals surface area contributed by atoms with E-state index in [4.69, 9.17) is 9.15 Å². The Kier molecular flexibility index (Phi) is 4.63. The van der Waals surface area contributed by atoms with Gasteiger partial charge in [0.1, 0.15) is 0 Å². The minimum atomic E-state index is -0.525. The summed E-state index contributed by atoms with van der Waals surface area (Å²) in [4.78, 5) is 12.0. The van der Waals surface area contributed by atoms with Crippen molar-refractivity contribution in [3.8, 4) is 5.75 Å². The molecule has 0 aliphatic rings. The van der Waals surface area contributed by atoms with Gasteiger partial charge in [0.2, 0.25) is 0 Å². The SMILES string of the molecule is CCCC(O)CNC(=O)c1cc2cccc(OC)c2o1. The molecule has 2 aromatic rings. The Morgan fingerprint density at radius 1 is 1.50 bits per heavy atom. The molecular weight excluding hydrogens is 258 g/mol. The van der Waals surface area contributed by atoms with Crippen LogP contribution in [0.25, 0.3) is 11.0 Å². The van der Waals surface area contributed by atoms with E-state index in [0.29, 0.717) is 17.8 Å². The van der Waals surface area contributed by atoms with Crippen LogP contribution in [0.3, 0.4) is 0 Å². The second kappa shape index (κ2) is 6.43. The number of hydrogen-bond acceptors (Lipinski definition) is 4. The van der Waals surface area contributed by atoms with Crippen LogP contribution in [0.5, 0.6) is 5.75 Å². The van der Waals surface area contributed by atoms with E-state index < -0.39 is 6.10 Å². The van der Waals surface area contributed by atoms with E-state index in [1.54, 1.807) is 19.2 Å². The molecule has 0 aliphatic heterocycles. The Morgan fingerprint density at radius 3 is 3.00 bits per heavy atom. The number of fused-ring (bicyclic) bond motifs is 1. The van der Waals surface area contributed by atoms with Gasteiger partial charge in [-0.25, -0.2) is 0 Å². The van der Waals surface area contributed by atoms with Crippen molar-refractivity contribution < 1.29 is 19.1 Å². The monoisotopic (exact) mass is 277 g/mol. The first-order chi connectivity index (χ1) is 9.65. The molecule has 1 atom stereocenters. The number of carbonyl (C=O) groups excluding carboxylic acids is 1. The summed E-state index contributed by atoms with van der Waals surface area (Å²) in [6, 6.07) is 7.13. The molecule has 0 fully saturated rings. The average Bonchev–Trinajstić information content (AvgIpc) is 2.89. The number of carbonyl (C=O) groups is 1. The van der Waals surface area contributed by atoms with Crippen molar-refractivity contribution >= 4 is 16.9 Å². The Balaban J connectivity index is 2.11. The van der Waals surface area contributed by atoms with Gasteiger partial charge in [0.15, 0.2) is 17.1 Å². The van der Waals surface area contributed by atoms with Crippen LogP contribution in [0.2, 0.25) is 0 Å². The van der Waals surface area contributed by atoms with E-state index in [9.17, 15) is 9.90 Å². The predicted molar refractivity (Wildman–Crippen MR) is 76.0 cm³/mol. The molecule has 1 amide bonds. The molecule has 0 radical (unpaired) electrons. The topological polar surface area (TPSA) is 71.7 Å². The molecule has 0 aliphatic carbocycles. The molecule has 20 heavy (non-hydrogen) atoms. The van der Waals surface area contributed by atoms with Crippen LogP contribution in [0, 0.1) is 0 Å². The van der Waals surface area contributed by atoms with E-state index in [2.05, 4.69) is 5.32 Å². The third kappa shape index (κ3) is 3.11. The van der Waals surface area contributed by atoms with Crippen molar-refractivity contribution in [3.63, 3.8) is 0 Å². The lowest BCUT2D eigenvalue weighted by Gasteiger charge is -2.09. The number of para-hydroxylation sites is 1. The maximum absolute atomic E-state index is 12.0. The highest BCUT2D eigenvalue weighted by Gasteiger charge is 2.15. The van der Waals surface area contributed by atoms with E-state index >= 15 is 0 Å². The van der Waals surface area contributed by atoms with Gasteiger partial charge in [-0.2, -0.15) is 0 Å². The van der Waals surface area contributed by atoms with Crippen molar-refractivity contribution in [1.29, 1.82) is 0 Å². The zero-order valence-corrected chi connectivity index (χ0v) is 11.7. The number of aliphatic hydroxyl groups is 1. The molecule has 1 heterocycles. The minimum absolute atomic E-state index is 0.216. The number of furan rings is 1. The molecule has 5 heteroatoms. The Labute approximate surface area is 117 Å². The Morgan fingerprint density at radius 2 is 2.30 bits per heavy atom. The van der Waals surface area contributed by atoms with Gasteiger partial charge in [0.05, 0.1) is 13.2 Å². The first-order valence-electron chi connectivity index (χ1n) is 6.68. The average molecular weight is 277 g/mol. The molecule has 1 aromatic carbocycles. The van der Waals surface area contributed by atoms with E-state index in [1.807, 2.05) is 19.1 Å². The van der Waals surface area contributed by atoms with Gasteiger partial charge in [-0.05, 0) is 18.6 Å². The van der Waals surface area contributed by atoms with Gasteiger partial charge in [0.25, 0.3) is 5.91 Å². The molecule has 1 unspecified atom stereocenters. The van der Waals surface area contributed by atoms with Crippen LogP contribution >= 0.6 is 0 Å². The zero-order chi connectivity index (χ0) is 14.5. The second-order valence-electron chi connectivity index (χ2n) is 4.64. The highest BCUT2D eigenvalue weighted by Crippen LogP contribution is 2.28. The molecule has 5 nitrogen and oxygen atoms in total. The number of rotatable bonds is 6. The molecule has 0 bridgehead atoms. The van der Waals surface area contributed by atoms with Gasteiger partial charge < -0.3 is 19.6 Å². The highest BCUT2D eigenvalue weighted by atomic mass is 16.5. The fourth-order valence-electron chi connectivity index (χ4n) is 2.04. The summed E-state index contributed by atoms with van der Waals surface area (Å²) in [7, 11) is 1.55. The molecule has 0 saturated carbocycles. The third-order valence-electron chi connectivity index (χ3n) is 3.07. The van der Waals surface area contributed by atoms with E-state index in [1.165, 1.54) is 0 Å². The summed E-state index contributed by atoms with van der Waals surface area (Å²) in [5, 5.41) is 13.1. The second-order valence-corrected chi connectivity index (χ2v) is 4.64. The lowest BCUT2D eigenvalue weighted by Crippen LogP contribution is -2.31. The summed E-state index contributed by atoms with van der Waals surface area (Å²) in [5.41, 5.74) is 0.550. The van der Waals surface area contributed by atoms with E-state index in [0.717, 1.165) is 11.8 Å². The quantitative estimate of drug-likeness (QED) is 0.850. The number of aliphatic hydroxyl groups excluding tert-OH is 1. The van der Waals surface area contributed by atoms with Crippen LogP contribution in [-0.2, 0) is 0 Å². The molecule has 108 valence electrons. The molecular formula is C15H19NO4. The largest absolute Gasteiger partial charge is 0.493 e. The summed E-state index contributed by atoms with van der Waals surface area (Å²) >= 11 is 0. The fourth-order valence-corrected chi connectivity index (χ4v) is 2.04. The van der Waals surface area contributed by atoms with Crippen LogP contribution in [0.15, 0.2) is 28.7 Å². The maximum atomic E-state index is 12.0. The molecule has 0 saturated heterocycles.